The third-order valence-electron chi connectivity index (χ3n) is 1.35. The Hall–Kier alpha value is -1.13. The summed E-state index contributed by atoms with van der Waals surface area (Å²) >= 11 is 0. The molecule has 0 saturated heterocycles. The first-order chi connectivity index (χ1) is 5.40. The molecule has 12 heavy (non-hydrogen) atoms. The van der Waals surface area contributed by atoms with E-state index in [-0.39, 0.29) is 6.61 Å². The van der Waals surface area contributed by atoms with Gasteiger partial charge in [0.05, 0.1) is 6.61 Å². The Kier molecular flexibility index (Phi) is 3.66. The van der Waals surface area contributed by atoms with Crippen LogP contribution in [0.1, 0.15) is 20.8 Å². The van der Waals surface area contributed by atoms with Crippen molar-refractivity contribution in [3.8, 4) is 0 Å². The van der Waals surface area contributed by atoms with E-state index in [9.17, 15) is 14.9 Å². The lowest BCUT2D eigenvalue weighted by molar-refractivity contribution is -0.492. The first-order valence-electron chi connectivity index (χ1n) is 3.69. The highest BCUT2D eigenvalue weighted by atomic mass is 16.6. The minimum Gasteiger partial charge on any atom is -0.465 e. The Balaban J connectivity index is 4.18. The number of esters is 1. The van der Waals surface area contributed by atoms with E-state index >= 15 is 0 Å². The summed E-state index contributed by atoms with van der Waals surface area (Å²) in [5.41, 5.74) is -1.03. The van der Waals surface area contributed by atoms with Gasteiger partial charge < -0.3 is 4.74 Å². The van der Waals surface area contributed by atoms with Gasteiger partial charge >= 0.3 is 5.97 Å². The normalized spacial score (nSPS) is 10.9. The van der Waals surface area contributed by atoms with E-state index in [2.05, 4.69) is 4.74 Å². The van der Waals surface area contributed by atoms with Crippen molar-refractivity contribution in [1.82, 2.24) is 0 Å². The van der Waals surface area contributed by atoms with Gasteiger partial charge in [-0.3, -0.25) is 14.9 Å². The van der Waals surface area contributed by atoms with Crippen LogP contribution in [0.15, 0.2) is 0 Å². The molecular formula is C7H13NO4. The number of nitro groups is 1. The zero-order valence-electron chi connectivity index (χ0n) is 7.49. The van der Waals surface area contributed by atoms with E-state index in [1.54, 1.807) is 6.92 Å². The second kappa shape index (κ2) is 4.04. The van der Waals surface area contributed by atoms with Gasteiger partial charge in [-0.25, -0.2) is 0 Å². The molecule has 0 N–H and O–H groups in total. The van der Waals surface area contributed by atoms with Crippen LogP contribution in [0.2, 0.25) is 0 Å². The van der Waals surface area contributed by atoms with Crippen LogP contribution in [0, 0.1) is 15.5 Å². The Morgan fingerprint density at radius 1 is 1.58 bits per heavy atom. The summed E-state index contributed by atoms with van der Waals surface area (Å²) in [5.74, 6) is -0.526. The summed E-state index contributed by atoms with van der Waals surface area (Å²) < 4.78 is 4.66. The van der Waals surface area contributed by atoms with Crippen LogP contribution in [0.3, 0.4) is 0 Å². The van der Waals surface area contributed by atoms with E-state index in [1.807, 2.05) is 0 Å². The van der Waals surface area contributed by atoms with E-state index in [4.69, 9.17) is 0 Å². The summed E-state index contributed by atoms with van der Waals surface area (Å²) in [6, 6.07) is 0. The maximum absolute atomic E-state index is 11.1. The van der Waals surface area contributed by atoms with Crippen molar-refractivity contribution in [3.63, 3.8) is 0 Å². The Labute approximate surface area is 70.9 Å². The smallest absolute Gasteiger partial charge is 0.318 e. The van der Waals surface area contributed by atoms with Gasteiger partial charge in [-0.15, -0.1) is 0 Å². The molecule has 0 amide bonds. The van der Waals surface area contributed by atoms with Gasteiger partial charge in [-0.1, -0.05) is 0 Å². The van der Waals surface area contributed by atoms with Crippen LogP contribution in [-0.2, 0) is 9.53 Å². The average Bonchev–Trinajstić information content (AvgIpc) is 1.85. The topological polar surface area (TPSA) is 69.4 Å². The molecule has 0 aliphatic rings. The molecule has 0 aromatic heterocycles. The molecular weight excluding hydrogens is 162 g/mol. The van der Waals surface area contributed by atoms with E-state index in [1.165, 1.54) is 13.8 Å². The number of ether oxygens (including phenoxy) is 1. The monoisotopic (exact) mass is 175 g/mol. The highest BCUT2D eigenvalue weighted by Gasteiger charge is 2.34. The highest BCUT2D eigenvalue weighted by molar-refractivity contribution is 5.75. The lowest BCUT2D eigenvalue weighted by atomic mass is 9.94. The minimum absolute atomic E-state index is 0.250. The lowest BCUT2D eigenvalue weighted by Crippen LogP contribution is -2.33. The summed E-state index contributed by atoms with van der Waals surface area (Å²) in [6.07, 6.45) is 0. The van der Waals surface area contributed by atoms with Crippen LogP contribution < -0.4 is 0 Å². The molecule has 0 rings (SSSR count). The summed E-state index contributed by atoms with van der Waals surface area (Å²) in [6.45, 7) is 4.51. The number of rotatable bonds is 4. The second-order valence-electron chi connectivity index (χ2n) is 3.10. The third-order valence-corrected chi connectivity index (χ3v) is 1.35. The molecule has 0 saturated carbocycles. The first kappa shape index (κ1) is 10.9. The van der Waals surface area contributed by atoms with Crippen LogP contribution in [0.5, 0.6) is 0 Å². The molecule has 0 heterocycles. The lowest BCUT2D eigenvalue weighted by Gasteiger charge is -2.16. The fraction of sp³-hybridized carbons (Fsp3) is 0.857. The van der Waals surface area contributed by atoms with Crippen molar-refractivity contribution in [2.75, 3.05) is 13.2 Å². The fourth-order valence-corrected chi connectivity index (χ4v) is 0.714. The molecule has 0 spiro atoms. The maximum Gasteiger partial charge on any atom is 0.318 e. The maximum atomic E-state index is 11.1. The van der Waals surface area contributed by atoms with Crippen LogP contribution in [0.4, 0.5) is 0 Å². The predicted octanol–water partition coefficient (Wildman–Crippen LogP) is 0.852. The second-order valence-corrected chi connectivity index (χ2v) is 3.10. The van der Waals surface area contributed by atoms with Crippen molar-refractivity contribution < 1.29 is 14.5 Å². The van der Waals surface area contributed by atoms with Crippen LogP contribution in [0.25, 0.3) is 0 Å². The quantitative estimate of drug-likeness (QED) is 0.361. The van der Waals surface area contributed by atoms with Crippen molar-refractivity contribution in [3.05, 3.63) is 10.1 Å². The van der Waals surface area contributed by atoms with Crippen LogP contribution in [-0.4, -0.2) is 24.0 Å². The molecule has 0 aliphatic heterocycles. The standard InChI is InChI=1S/C7H13NO4/c1-4-12-6(9)7(2,3)5-8(10)11/h4-5H2,1-3H3. The van der Waals surface area contributed by atoms with Gasteiger partial charge in [0.15, 0.2) is 0 Å². The van der Waals surface area contributed by atoms with E-state index < -0.39 is 22.9 Å². The highest BCUT2D eigenvalue weighted by Crippen LogP contribution is 2.16. The van der Waals surface area contributed by atoms with Crippen molar-refractivity contribution in [1.29, 1.82) is 0 Å². The SMILES string of the molecule is CCOC(=O)C(C)(C)C[N+](=O)[O-]. The molecule has 0 aromatic carbocycles. The van der Waals surface area contributed by atoms with E-state index in [0.29, 0.717) is 0 Å². The molecule has 70 valence electrons. The van der Waals surface area contributed by atoms with Crippen molar-refractivity contribution in [2.24, 2.45) is 5.41 Å². The molecule has 0 radical (unpaired) electrons. The number of nitrogens with zero attached hydrogens (tertiary/aromatic N) is 1. The average molecular weight is 175 g/mol. The molecule has 0 bridgehead atoms. The van der Waals surface area contributed by atoms with E-state index in [0.717, 1.165) is 0 Å². The Morgan fingerprint density at radius 3 is 2.42 bits per heavy atom. The van der Waals surface area contributed by atoms with Gasteiger partial charge in [0, 0.05) is 4.92 Å². The summed E-state index contributed by atoms with van der Waals surface area (Å²) in [4.78, 5) is 20.7. The molecule has 0 unspecified atom stereocenters. The van der Waals surface area contributed by atoms with Gasteiger partial charge in [0.2, 0.25) is 6.54 Å². The van der Waals surface area contributed by atoms with Crippen molar-refractivity contribution in [2.45, 2.75) is 20.8 Å². The molecule has 0 aliphatic carbocycles. The molecule has 5 nitrogen and oxygen atoms in total. The number of hydrogen-bond donors (Lipinski definition) is 0. The fourth-order valence-electron chi connectivity index (χ4n) is 0.714. The zero-order chi connectivity index (χ0) is 9.78. The Morgan fingerprint density at radius 2 is 2.08 bits per heavy atom. The number of hydrogen-bond acceptors (Lipinski definition) is 4. The Bertz CT molecular complexity index is 188. The molecule has 0 fully saturated rings. The van der Waals surface area contributed by atoms with Gasteiger partial charge in [0.25, 0.3) is 0 Å². The van der Waals surface area contributed by atoms with Gasteiger partial charge in [-0.05, 0) is 20.8 Å². The summed E-state index contributed by atoms with van der Waals surface area (Å²) in [7, 11) is 0. The largest absolute Gasteiger partial charge is 0.465 e. The minimum atomic E-state index is -1.03. The predicted molar refractivity (Wildman–Crippen MR) is 42.3 cm³/mol. The third kappa shape index (κ3) is 3.32. The first-order valence-corrected chi connectivity index (χ1v) is 3.69. The van der Waals surface area contributed by atoms with Crippen LogP contribution >= 0.6 is 0 Å². The number of carbonyl (C=O) groups excluding carboxylic acids is 1. The molecule has 0 atom stereocenters. The van der Waals surface area contributed by atoms with Crippen molar-refractivity contribution >= 4 is 5.97 Å². The number of carbonyl (C=O) groups is 1. The summed E-state index contributed by atoms with van der Waals surface area (Å²) in [5, 5.41) is 10.1. The zero-order valence-corrected chi connectivity index (χ0v) is 7.49. The van der Waals surface area contributed by atoms with Gasteiger partial charge in [-0.2, -0.15) is 0 Å². The van der Waals surface area contributed by atoms with Gasteiger partial charge in [0.1, 0.15) is 5.41 Å². The molecule has 0 aromatic rings. The molecule has 5 heteroatoms.